The SMILES string of the molecule is O=C(c1cnco1)N1CCCCC1c1ccn2nccc2n1. The number of oxazole rings is 1. The number of carbonyl (C=O) groups excluding carboxylic acids is 1. The summed E-state index contributed by atoms with van der Waals surface area (Å²) in [4.78, 5) is 22.9. The second-order valence-electron chi connectivity index (χ2n) is 5.36. The van der Waals surface area contributed by atoms with Crippen LogP contribution < -0.4 is 0 Å². The molecular weight excluding hydrogens is 282 g/mol. The first-order valence-electron chi connectivity index (χ1n) is 7.33. The predicted molar refractivity (Wildman–Crippen MR) is 77.1 cm³/mol. The van der Waals surface area contributed by atoms with Crippen molar-refractivity contribution in [3.05, 3.63) is 48.6 Å². The van der Waals surface area contributed by atoms with Gasteiger partial charge in [0.2, 0.25) is 5.76 Å². The average Bonchev–Trinajstić information content (AvgIpc) is 3.24. The minimum atomic E-state index is -0.127. The third-order valence-corrected chi connectivity index (χ3v) is 4.03. The van der Waals surface area contributed by atoms with Crippen LogP contribution in [0.15, 0.2) is 41.5 Å². The maximum absolute atomic E-state index is 12.6. The van der Waals surface area contributed by atoms with Crippen molar-refractivity contribution < 1.29 is 9.21 Å². The lowest BCUT2D eigenvalue weighted by Crippen LogP contribution is -2.38. The lowest BCUT2D eigenvalue weighted by atomic mass is 9.98. The highest BCUT2D eigenvalue weighted by Crippen LogP contribution is 2.31. The number of nitrogens with zero attached hydrogens (tertiary/aromatic N) is 5. The van der Waals surface area contributed by atoms with Crippen molar-refractivity contribution >= 4 is 11.6 Å². The van der Waals surface area contributed by atoms with E-state index in [9.17, 15) is 4.79 Å². The number of piperidine rings is 1. The number of hydrogen-bond acceptors (Lipinski definition) is 5. The zero-order valence-corrected chi connectivity index (χ0v) is 11.9. The first-order valence-corrected chi connectivity index (χ1v) is 7.33. The minimum Gasteiger partial charge on any atom is -0.438 e. The van der Waals surface area contributed by atoms with Crippen molar-refractivity contribution in [1.29, 1.82) is 0 Å². The molecule has 7 nitrogen and oxygen atoms in total. The van der Waals surface area contributed by atoms with Crippen molar-refractivity contribution in [3.63, 3.8) is 0 Å². The number of carbonyl (C=O) groups is 1. The molecule has 1 amide bonds. The number of likely N-dealkylation sites (tertiary alicyclic amines) is 1. The van der Waals surface area contributed by atoms with E-state index in [1.54, 1.807) is 10.7 Å². The van der Waals surface area contributed by atoms with E-state index in [1.165, 1.54) is 12.6 Å². The summed E-state index contributed by atoms with van der Waals surface area (Å²) in [5.74, 6) is 0.148. The third kappa shape index (κ3) is 2.14. The van der Waals surface area contributed by atoms with Crippen LogP contribution in [0.1, 0.15) is 41.6 Å². The van der Waals surface area contributed by atoms with Gasteiger partial charge in [-0.1, -0.05) is 0 Å². The van der Waals surface area contributed by atoms with Crippen LogP contribution in [0.25, 0.3) is 5.65 Å². The van der Waals surface area contributed by atoms with Gasteiger partial charge in [0.15, 0.2) is 12.0 Å². The molecule has 112 valence electrons. The molecule has 0 aliphatic carbocycles. The molecule has 1 unspecified atom stereocenters. The van der Waals surface area contributed by atoms with Crippen molar-refractivity contribution in [2.24, 2.45) is 0 Å². The van der Waals surface area contributed by atoms with Crippen LogP contribution in [0.5, 0.6) is 0 Å². The van der Waals surface area contributed by atoms with Crippen molar-refractivity contribution in [3.8, 4) is 0 Å². The van der Waals surface area contributed by atoms with Gasteiger partial charge in [-0.05, 0) is 25.3 Å². The summed E-state index contributed by atoms with van der Waals surface area (Å²) < 4.78 is 6.87. The zero-order valence-electron chi connectivity index (χ0n) is 11.9. The summed E-state index contributed by atoms with van der Waals surface area (Å²) >= 11 is 0. The van der Waals surface area contributed by atoms with E-state index < -0.39 is 0 Å². The van der Waals surface area contributed by atoms with E-state index in [1.807, 2.05) is 23.2 Å². The predicted octanol–water partition coefficient (Wildman–Crippen LogP) is 2.08. The Morgan fingerprint density at radius 1 is 1.32 bits per heavy atom. The molecule has 4 rings (SSSR count). The molecule has 22 heavy (non-hydrogen) atoms. The molecule has 1 aliphatic rings. The molecule has 0 N–H and O–H groups in total. The Morgan fingerprint density at radius 3 is 3.14 bits per heavy atom. The second-order valence-corrected chi connectivity index (χ2v) is 5.36. The zero-order chi connectivity index (χ0) is 14.9. The first kappa shape index (κ1) is 13.0. The van der Waals surface area contributed by atoms with E-state index in [0.29, 0.717) is 6.54 Å². The fourth-order valence-electron chi connectivity index (χ4n) is 2.96. The van der Waals surface area contributed by atoms with Gasteiger partial charge < -0.3 is 9.32 Å². The van der Waals surface area contributed by atoms with Crippen molar-refractivity contribution in [2.75, 3.05) is 6.54 Å². The van der Waals surface area contributed by atoms with Gasteiger partial charge in [-0.2, -0.15) is 5.10 Å². The standard InChI is InChI=1S/C15H15N5O2/c21-15(13-9-16-10-22-13)19-7-2-1-3-12(19)11-5-8-20-14(18-11)4-6-17-20/h4-6,8-10,12H,1-3,7H2. The van der Waals surface area contributed by atoms with Crippen LogP contribution >= 0.6 is 0 Å². The van der Waals surface area contributed by atoms with Gasteiger partial charge in [-0.25, -0.2) is 14.5 Å². The maximum Gasteiger partial charge on any atom is 0.291 e. The molecule has 3 aromatic heterocycles. The molecule has 0 aromatic carbocycles. The van der Waals surface area contributed by atoms with Crippen LogP contribution in [0.4, 0.5) is 0 Å². The Kier molecular flexibility index (Phi) is 3.10. The summed E-state index contributed by atoms with van der Waals surface area (Å²) in [5, 5.41) is 4.15. The Morgan fingerprint density at radius 2 is 2.27 bits per heavy atom. The molecule has 0 radical (unpaired) electrons. The Hall–Kier alpha value is -2.70. The Balaban J connectivity index is 1.69. The summed E-state index contributed by atoms with van der Waals surface area (Å²) in [7, 11) is 0. The minimum absolute atomic E-state index is 0.0359. The third-order valence-electron chi connectivity index (χ3n) is 4.03. The number of hydrogen-bond donors (Lipinski definition) is 0. The molecule has 0 bridgehead atoms. The molecule has 0 saturated carbocycles. The van der Waals surface area contributed by atoms with Gasteiger partial charge in [-0.15, -0.1) is 0 Å². The highest BCUT2D eigenvalue weighted by atomic mass is 16.3. The van der Waals surface area contributed by atoms with Crippen LogP contribution in [0, 0.1) is 0 Å². The molecule has 3 aromatic rings. The quantitative estimate of drug-likeness (QED) is 0.724. The van der Waals surface area contributed by atoms with Crippen LogP contribution in [0.3, 0.4) is 0 Å². The molecule has 0 spiro atoms. The van der Waals surface area contributed by atoms with E-state index in [2.05, 4.69) is 15.1 Å². The van der Waals surface area contributed by atoms with Crippen LogP contribution in [-0.2, 0) is 0 Å². The van der Waals surface area contributed by atoms with Gasteiger partial charge >= 0.3 is 0 Å². The molecular formula is C15H15N5O2. The summed E-state index contributed by atoms with van der Waals surface area (Å²) in [6.07, 6.45) is 9.30. The fourth-order valence-corrected chi connectivity index (χ4v) is 2.96. The molecule has 1 saturated heterocycles. The molecule has 7 heteroatoms. The Labute approximate surface area is 126 Å². The largest absolute Gasteiger partial charge is 0.438 e. The first-order chi connectivity index (χ1) is 10.8. The van der Waals surface area contributed by atoms with Gasteiger partial charge in [0, 0.05) is 18.8 Å². The van der Waals surface area contributed by atoms with E-state index in [0.717, 1.165) is 30.6 Å². The van der Waals surface area contributed by atoms with Crippen LogP contribution in [0.2, 0.25) is 0 Å². The molecule has 1 fully saturated rings. The van der Waals surface area contributed by atoms with E-state index >= 15 is 0 Å². The average molecular weight is 297 g/mol. The number of aromatic nitrogens is 4. The van der Waals surface area contributed by atoms with Crippen molar-refractivity contribution in [1.82, 2.24) is 24.5 Å². The smallest absolute Gasteiger partial charge is 0.291 e. The summed E-state index contributed by atoms with van der Waals surface area (Å²) in [6, 6.07) is 3.75. The summed E-state index contributed by atoms with van der Waals surface area (Å²) in [6.45, 7) is 0.705. The van der Waals surface area contributed by atoms with Crippen molar-refractivity contribution in [2.45, 2.75) is 25.3 Å². The number of amides is 1. The fraction of sp³-hybridized carbons (Fsp3) is 0.333. The molecule has 1 aliphatic heterocycles. The second kappa shape index (κ2) is 5.25. The van der Waals surface area contributed by atoms with Gasteiger partial charge in [0.05, 0.1) is 24.1 Å². The highest BCUT2D eigenvalue weighted by Gasteiger charge is 2.31. The van der Waals surface area contributed by atoms with Gasteiger partial charge in [0.25, 0.3) is 5.91 Å². The molecule has 1 atom stereocenters. The monoisotopic (exact) mass is 297 g/mol. The van der Waals surface area contributed by atoms with E-state index in [-0.39, 0.29) is 17.7 Å². The maximum atomic E-state index is 12.6. The van der Waals surface area contributed by atoms with Gasteiger partial charge in [-0.3, -0.25) is 4.79 Å². The normalized spacial score (nSPS) is 18.7. The number of fused-ring (bicyclic) bond motifs is 1. The summed E-state index contributed by atoms with van der Waals surface area (Å²) in [5.41, 5.74) is 1.68. The lowest BCUT2D eigenvalue weighted by molar-refractivity contribution is 0.0573. The molecule has 4 heterocycles. The lowest BCUT2D eigenvalue weighted by Gasteiger charge is -2.34. The van der Waals surface area contributed by atoms with E-state index in [4.69, 9.17) is 4.42 Å². The topological polar surface area (TPSA) is 76.5 Å². The Bertz CT molecular complexity index is 795. The van der Waals surface area contributed by atoms with Crippen LogP contribution in [-0.4, -0.2) is 36.9 Å². The number of rotatable bonds is 2. The van der Waals surface area contributed by atoms with Gasteiger partial charge in [0.1, 0.15) is 0 Å². The highest BCUT2D eigenvalue weighted by molar-refractivity contribution is 5.91.